The van der Waals surface area contributed by atoms with Crippen LogP contribution in [0, 0.1) is 6.92 Å². The van der Waals surface area contributed by atoms with Crippen molar-refractivity contribution in [3.05, 3.63) is 29.8 Å². The number of aryl methyl sites for hydroxylation is 1. The maximum atomic E-state index is 12.2. The molecule has 1 saturated heterocycles. The lowest BCUT2D eigenvalue weighted by Gasteiger charge is -2.36. The van der Waals surface area contributed by atoms with Crippen LogP contribution < -0.4 is 10.2 Å². The van der Waals surface area contributed by atoms with E-state index in [1.54, 1.807) is 4.90 Å². The van der Waals surface area contributed by atoms with Gasteiger partial charge in [-0.05, 0) is 25.0 Å². The van der Waals surface area contributed by atoms with E-state index in [1.165, 1.54) is 11.3 Å². The maximum absolute atomic E-state index is 12.2. The minimum atomic E-state index is -0.652. The highest BCUT2D eigenvalue weighted by atomic mass is 16.2. The fourth-order valence-electron chi connectivity index (χ4n) is 2.93. The summed E-state index contributed by atoms with van der Waals surface area (Å²) in [5, 5.41) is 2.45. The molecule has 1 aromatic carbocycles. The van der Waals surface area contributed by atoms with E-state index in [1.807, 2.05) is 19.1 Å². The lowest BCUT2D eigenvalue weighted by molar-refractivity contribution is -0.139. The summed E-state index contributed by atoms with van der Waals surface area (Å²) in [5.41, 5.74) is 2.42. The van der Waals surface area contributed by atoms with E-state index in [9.17, 15) is 14.4 Å². The van der Waals surface area contributed by atoms with Crippen molar-refractivity contribution < 1.29 is 14.4 Å². The van der Waals surface area contributed by atoms with Crippen LogP contribution in [0.4, 0.5) is 5.69 Å². The van der Waals surface area contributed by atoms with Crippen molar-refractivity contribution >= 4 is 23.3 Å². The van der Waals surface area contributed by atoms with Gasteiger partial charge in [0, 0.05) is 38.3 Å². The molecule has 0 unspecified atom stereocenters. The summed E-state index contributed by atoms with van der Waals surface area (Å²) in [6, 6.07) is 8.21. The van der Waals surface area contributed by atoms with Crippen LogP contribution in [-0.4, -0.2) is 55.2 Å². The van der Waals surface area contributed by atoms with Gasteiger partial charge in [-0.15, -0.1) is 0 Å². The zero-order chi connectivity index (χ0) is 18.2. The number of carbonyl (C=O) groups is 3. The van der Waals surface area contributed by atoms with Crippen LogP contribution in [0.5, 0.6) is 0 Å². The molecular formula is C19H27N3O3. The van der Waals surface area contributed by atoms with Gasteiger partial charge in [-0.3, -0.25) is 14.4 Å². The van der Waals surface area contributed by atoms with E-state index < -0.39 is 11.7 Å². The lowest BCUT2D eigenvalue weighted by atomic mass is 10.1. The largest absolute Gasteiger partial charge is 0.368 e. The molecule has 25 heavy (non-hydrogen) atoms. The highest BCUT2D eigenvalue weighted by Crippen LogP contribution is 2.20. The zero-order valence-electron chi connectivity index (χ0n) is 15.1. The molecule has 136 valence electrons. The smallest absolute Gasteiger partial charge is 0.287 e. The van der Waals surface area contributed by atoms with E-state index >= 15 is 0 Å². The molecule has 0 atom stereocenters. The number of Topliss-reactive ketones (excluding diaryl/α,β-unsaturated/α-hetero) is 1. The third-order valence-corrected chi connectivity index (χ3v) is 4.50. The second kappa shape index (κ2) is 9.20. The molecule has 1 N–H and O–H groups in total. The molecule has 0 radical (unpaired) electrons. The van der Waals surface area contributed by atoms with Gasteiger partial charge in [0.2, 0.25) is 11.7 Å². The molecule has 2 amide bonds. The summed E-state index contributed by atoms with van der Waals surface area (Å²) in [5.74, 6) is -1.24. The van der Waals surface area contributed by atoms with Crippen molar-refractivity contribution in [3.8, 4) is 0 Å². The molecule has 1 fully saturated rings. The predicted molar refractivity (Wildman–Crippen MR) is 97.5 cm³/mol. The van der Waals surface area contributed by atoms with Crippen LogP contribution in [-0.2, 0) is 14.4 Å². The molecular weight excluding hydrogens is 318 g/mol. The minimum Gasteiger partial charge on any atom is -0.368 e. The number of hydrogen-bond donors (Lipinski definition) is 1. The molecule has 0 aromatic heterocycles. The van der Waals surface area contributed by atoms with Gasteiger partial charge < -0.3 is 15.1 Å². The average Bonchev–Trinajstić information content (AvgIpc) is 2.64. The van der Waals surface area contributed by atoms with E-state index in [0.29, 0.717) is 19.5 Å². The van der Waals surface area contributed by atoms with E-state index in [-0.39, 0.29) is 18.9 Å². The number of anilines is 1. The Balaban J connectivity index is 1.77. The molecule has 1 aliphatic heterocycles. The van der Waals surface area contributed by atoms with Crippen LogP contribution in [0.3, 0.4) is 0 Å². The van der Waals surface area contributed by atoms with Gasteiger partial charge in [0.25, 0.3) is 5.91 Å². The Labute approximate surface area is 149 Å². The molecule has 0 spiro atoms. The third-order valence-electron chi connectivity index (χ3n) is 4.50. The quantitative estimate of drug-likeness (QED) is 0.761. The summed E-state index contributed by atoms with van der Waals surface area (Å²) in [6.45, 7) is 6.70. The number of ketones is 1. The van der Waals surface area contributed by atoms with Crippen LogP contribution in [0.2, 0.25) is 0 Å². The number of amides is 2. The Kier molecular flexibility index (Phi) is 6.98. The maximum Gasteiger partial charge on any atom is 0.287 e. The Morgan fingerprint density at radius 2 is 1.76 bits per heavy atom. The predicted octanol–water partition coefficient (Wildman–Crippen LogP) is 1.52. The van der Waals surface area contributed by atoms with Gasteiger partial charge in [-0.2, -0.15) is 0 Å². The number of carbonyl (C=O) groups excluding carboxylic acids is 3. The van der Waals surface area contributed by atoms with Gasteiger partial charge in [0.1, 0.15) is 0 Å². The highest BCUT2D eigenvalue weighted by molar-refractivity contribution is 6.36. The van der Waals surface area contributed by atoms with Crippen molar-refractivity contribution in [1.29, 1.82) is 0 Å². The summed E-state index contributed by atoms with van der Waals surface area (Å²) in [7, 11) is 0. The van der Waals surface area contributed by atoms with Crippen LogP contribution in [0.25, 0.3) is 0 Å². The SMILES string of the molecule is CCCCC(=O)C(=O)NCC(=O)N1CCN(c2ccccc2C)CC1. The first-order valence-electron chi connectivity index (χ1n) is 8.92. The van der Waals surface area contributed by atoms with E-state index in [2.05, 4.69) is 29.3 Å². The molecule has 0 saturated carbocycles. The summed E-state index contributed by atoms with van der Waals surface area (Å²) in [4.78, 5) is 39.5. The molecule has 1 aromatic rings. The van der Waals surface area contributed by atoms with Crippen molar-refractivity contribution in [2.45, 2.75) is 33.1 Å². The standard InChI is InChI=1S/C19H27N3O3/c1-3-4-9-17(23)19(25)20-14-18(24)22-12-10-21(11-13-22)16-8-6-5-7-15(16)2/h5-8H,3-4,9-14H2,1-2H3,(H,20,25). The van der Waals surface area contributed by atoms with Crippen LogP contribution >= 0.6 is 0 Å². The second-order valence-corrected chi connectivity index (χ2v) is 6.36. The fraction of sp³-hybridized carbons (Fsp3) is 0.526. The molecule has 1 aliphatic rings. The fourth-order valence-corrected chi connectivity index (χ4v) is 2.93. The number of unbranched alkanes of at least 4 members (excludes halogenated alkanes) is 1. The molecule has 6 nitrogen and oxygen atoms in total. The Morgan fingerprint density at radius 1 is 1.08 bits per heavy atom. The van der Waals surface area contributed by atoms with Crippen molar-refractivity contribution in [2.75, 3.05) is 37.6 Å². The number of nitrogens with one attached hydrogen (secondary N) is 1. The number of hydrogen-bond acceptors (Lipinski definition) is 4. The molecule has 6 heteroatoms. The number of benzene rings is 1. The van der Waals surface area contributed by atoms with Gasteiger partial charge in [-0.25, -0.2) is 0 Å². The highest BCUT2D eigenvalue weighted by Gasteiger charge is 2.23. The molecule has 2 rings (SSSR count). The number of para-hydroxylation sites is 1. The number of rotatable bonds is 7. The first-order chi connectivity index (χ1) is 12.0. The monoisotopic (exact) mass is 345 g/mol. The second-order valence-electron chi connectivity index (χ2n) is 6.36. The Morgan fingerprint density at radius 3 is 2.40 bits per heavy atom. The Hall–Kier alpha value is -2.37. The Bertz CT molecular complexity index is 622. The number of piperazine rings is 1. The summed E-state index contributed by atoms with van der Waals surface area (Å²) in [6.07, 6.45) is 1.80. The molecule has 1 heterocycles. The van der Waals surface area contributed by atoms with Crippen LogP contribution in [0.1, 0.15) is 31.7 Å². The molecule has 0 aliphatic carbocycles. The topological polar surface area (TPSA) is 69.7 Å². The van der Waals surface area contributed by atoms with Gasteiger partial charge in [-0.1, -0.05) is 31.5 Å². The minimum absolute atomic E-state index is 0.110. The first-order valence-corrected chi connectivity index (χ1v) is 8.92. The van der Waals surface area contributed by atoms with Crippen LogP contribution in [0.15, 0.2) is 24.3 Å². The first kappa shape index (κ1) is 19.0. The van der Waals surface area contributed by atoms with Crippen molar-refractivity contribution in [3.63, 3.8) is 0 Å². The van der Waals surface area contributed by atoms with Gasteiger partial charge >= 0.3 is 0 Å². The normalized spacial score (nSPS) is 14.3. The van der Waals surface area contributed by atoms with Gasteiger partial charge in [0.05, 0.1) is 6.54 Å². The van der Waals surface area contributed by atoms with Gasteiger partial charge in [0.15, 0.2) is 0 Å². The summed E-state index contributed by atoms with van der Waals surface area (Å²) < 4.78 is 0. The third kappa shape index (κ3) is 5.31. The van der Waals surface area contributed by atoms with Crippen molar-refractivity contribution in [2.24, 2.45) is 0 Å². The summed E-state index contributed by atoms with van der Waals surface area (Å²) >= 11 is 0. The van der Waals surface area contributed by atoms with E-state index in [0.717, 1.165) is 19.5 Å². The average molecular weight is 345 g/mol. The molecule has 0 bridgehead atoms. The van der Waals surface area contributed by atoms with Crippen molar-refractivity contribution in [1.82, 2.24) is 10.2 Å². The zero-order valence-corrected chi connectivity index (χ0v) is 15.1. The number of nitrogens with zero attached hydrogens (tertiary/aromatic N) is 2. The lowest BCUT2D eigenvalue weighted by Crippen LogP contribution is -2.51. The van der Waals surface area contributed by atoms with E-state index in [4.69, 9.17) is 0 Å².